The van der Waals surface area contributed by atoms with E-state index in [1.165, 1.54) is 0 Å². The lowest BCUT2D eigenvalue weighted by Gasteiger charge is -2.11. The summed E-state index contributed by atoms with van der Waals surface area (Å²) in [7, 11) is 3.28. The highest BCUT2D eigenvalue weighted by molar-refractivity contribution is 14.0. The van der Waals surface area contributed by atoms with Crippen molar-refractivity contribution in [1.29, 1.82) is 0 Å². The molecule has 0 aromatic heterocycles. The van der Waals surface area contributed by atoms with E-state index in [0.717, 1.165) is 31.0 Å². The van der Waals surface area contributed by atoms with E-state index in [1.807, 2.05) is 6.92 Å². The molecule has 7 heteroatoms. The number of nitrogens with zero attached hydrogens (tertiary/aromatic N) is 1. The van der Waals surface area contributed by atoms with E-state index in [4.69, 9.17) is 9.47 Å². The van der Waals surface area contributed by atoms with Gasteiger partial charge in [0.1, 0.15) is 11.5 Å². The van der Waals surface area contributed by atoms with Gasteiger partial charge in [0.15, 0.2) is 5.96 Å². The fourth-order valence-electron chi connectivity index (χ4n) is 1.74. The molecule has 0 heterocycles. The topological polar surface area (TPSA) is 75.1 Å². The Morgan fingerprint density at radius 2 is 2.05 bits per heavy atom. The van der Waals surface area contributed by atoms with Crippen molar-refractivity contribution < 1.29 is 14.6 Å². The lowest BCUT2D eigenvalue weighted by atomic mass is 10.2. The number of ether oxygens (including phenoxy) is 2. The van der Waals surface area contributed by atoms with Gasteiger partial charge in [-0.05, 0) is 31.5 Å². The van der Waals surface area contributed by atoms with Gasteiger partial charge in [0.25, 0.3) is 0 Å². The Bertz CT molecular complexity index is 456. The van der Waals surface area contributed by atoms with Crippen LogP contribution in [0.25, 0.3) is 0 Å². The number of halogens is 1. The summed E-state index contributed by atoms with van der Waals surface area (Å²) in [6.07, 6.45) is 0.908. The first kappa shape index (κ1) is 20.8. The Morgan fingerprint density at radius 1 is 1.27 bits per heavy atom. The summed E-state index contributed by atoms with van der Waals surface area (Å²) in [6, 6.07) is 5.12. The van der Waals surface area contributed by atoms with Crippen molar-refractivity contribution in [1.82, 2.24) is 10.6 Å². The van der Waals surface area contributed by atoms with Gasteiger partial charge in [0, 0.05) is 32.4 Å². The zero-order chi connectivity index (χ0) is 15.5. The van der Waals surface area contributed by atoms with Gasteiger partial charge in [0.05, 0.1) is 13.7 Å². The van der Waals surface area contributed by atoms with Gasteiger partial charge in [0.2, 0.25) is 0 Å². The highest BCUT2D eigenvalue weighted by atomic mass is 127. The molecule has 0 fully saturated rings. The Morgan fingerprint density at radius 3 is 2.68 bits per heavy atom. The van der Waals surface area contributed by atoms with Crippen LogP contribution in [-0.2, 0) is 11.3 Å². The summed E-state index contributed by atoms with van der Waals surface area (Å²) >= 11 is 0. The van der Waals surface area contributed by atoms with Crippen LogP contribution < -0.4 is 15.4 Å². The molecule has 0 radical (unpaired) electrons. The van der Waals surface area contributed by atoms with Gasteiger partial charge < -0.3 is 25.2 Å². The molecule has 0 amide bonds. The highest BCUT2D eigenvalue weighted by Crippen LogP contribution is 2.23. The van der Waals surface area contributed by atoms with E-state index >= 15 is 0 Å². The van der Waals surface area contributed by atoms with Crippen molar-refractivity contribution >= 4 is 29.9 Å². The van der Waals surface area contributed by atoms with Crippen molar-refractivity contribution in [2.75, 3.05) is 33.9 Å². The first-order chi connectivity index (χ1) is 10.2. The van der Waals surface area contributed by atoms with Crippen LogP contribution in [0.2, 0.25) is 0 Å². The predicted molar refractivity (Wildman–Crippen MR) is 99.4 cm³/mol. The maximum absolute atomic E-state index is 9.84. The molecular weight excluding hydrogens is 397 g/mol. The van der Waals surface area contributed by atoms with Crippen LogP contribution >= 0.6 is 24.0 Å². The molecule has 0 atom stereocenters. The number of aliphatic imine (C=N–C) groups is 1. The van der Waals surface area contributed by atoms with E-state index in [2.05, 4.69) is 15.6 Å². The molecule has 0 spiro atoms. The number of benzene rings is 1. The molecule has 0 saturated carbocycles. The summed E-state index contributed by atoms with van der Waals surface area (Å²) in [5, 5.41) is 16.2. The van der Waals surface area contributed by atoms with Crippen LogP contribution in [0.1, 0.15) is 18.9 Å². The molecule has 126 valence electrons. The monoisotopic (exact) mass is 423 g/mol. The van der Waals surface area contributed by atoms with Gasteiger partial charge in [-0.3, -0.25) is 0 Å². The first-order valence-corrected chi connectivity index (χ1v) is 7.08. The third kappa shape index (κ3) is 7.69. The molecule has 22 heavy (non-hydrogen) atoms. The third-order valence-corrected chi connectivity index (χ3v) is 2.86. The van der Waals surface area contributed by atoms with Crippen LogP contribution in [0.3, 0.4) is 0 Å². The molecule has 0 aliphatic carbocycles. The largest absolute Gasteiger partial charge is 0.508 e. The molecule has 1 aromatic rings. The zero-order valence-electron chi connectivity index (χ0n) is 13.4. The van der Waals surface area contributed by atoms with Crippen LogP contribution in [-0.4, -0.2) is 45.0 Å². The smallest absolute Gasteiger partial charge is 0.191 e. The molecule has 3 N–H and O–H groups in total. The standard InChI is InChI=1S/C15H25N3O3.HI/c1-4-16-15(17-8-5-9-20-2)18-11-12-10-13(21-3)6-7-14(12)19;/h6-7,10,19H,4-5,8-9,11H2,1-3H3,(H2,16,17,18);1H. The van der Waals surface area contributed by atoms with Crippen molar-refractivity contribution in [2.24, 2.45) is 4.99 Å². The summed E-state index contributed by atoms with van der Waals surface area (Å²) in [5.41, 5.74) is 0.725. The number of rotatable bonds is 8. The van der Waals surface area contributed by atoms with E-state index < -0.39 is 0 Å². The fourth-order valence-corrected chi connectivity index (χ4v) is 1.74. The minimum Gasteiger partial charge on any atom is -0.508 e. The zero-order valence-corrected chi connectivity index (χ0v) is 15.7. The maximum Gasteiger partial charge on any atom is 0.191 e. The van der Waals surface area contributed by atoms with Crippen molar-refractivity contribution in [2.45, 2.75) is 19.9 Å². The van der Waals surface area contributed by atoms with Crippen molar-refractivity contribution in [3.8, 4) is 11.5 Å². The summed E-state index contributed by atoms with van der Waals surface area (Å²) < 4.78 is 10.2. The molecule has 0 aliphatic heterocycles. The molecule has 1 aromatic carbocycles. The quantitative estimate of drug-likeness (QED) is 0.259. The first-order valence-electron chi connectivity index (χ1n) is 7.08. The summed E-state index contributed by atoms with van der Waals surface area (Å²) in [6.45, 7) is 4.66. The number of hydrogen-bond donors (Lipinski definition) is 3. The van der Waals surface area contributed by atoms with Crippen molar-refractivity contribution in [3.63, 3.8) is 0 Å². The van der Waals surface area contributed by atoms with Crippen LogP contribution in [0, 0.1) is 0 Å². The Kier molecular flexibility index (Phi) is 11.7. The molecule has 0 aliphatic rings. The third-order valence-electron chi connectivity index (χ3n) is 2.86. The molecular formula is C15H26IN3O3. The lowest BCUT2D eigenvalue weighted by Crippen LogP contribution is -2.38. The van der Waals surface area contributed by atoms with E-state index in [-0.39, 0.29) is 29.7 Å². The Balaban J connectivity index is 0.00000441. The minimum absolute atomic E-state index is 0. The lowest BCUT2D eigenvalue weighted by molar-refractivity contribution is 0.195. The number of methoxy groups -OCH3 is 2. The number of phenolic OH excluding ortho intramolecular Hbond substituents is 1. The average Bonchev–Trinajstić information content (AvgIpc) is 2.50. The van der Waals surface area contributed by atoms with Gasteiger partial charge in [-0.1, -0.05) is 0 Å². The molecule has 1 rings (SSSR count). The van der Waals surface area contributed by atoms with Gasteiger partial charge in [-0.15, -0.1) is 24.0 Å². The van der Waals surface area contributed by atoms with E-state index in [9.17, 15) is 5.11 Å². The number of phenols is 1. The van der Waals surface area contributed by atoms with Gasteiger partial charge >= 0.3 is 0 Å². The van der Waals surface area contributed by atoms with Crippen molar-refractivity contribution in [3.05, 3.63) is 23.8 Å². The van der Waals surface area contributed by atoms with Crippen LogP contribution in [0.15, 0.2) is 23.2 Å². The second kappa shape index (κ2) is 12.3. The highest BCUT2D eigenvalue weighted by Gasteiger charge is 2.04. The second-order valence-electron chi connectivity index (χ2n) is 4.46. The summed E-state index contributed by atoms with van der Waals surface area (Å²) in [4.78, 5) is 4.46. The number of guanidine groups is 1. The normalized spacial score (nSPS) is 10.8. The average molecular weight is 423 g/mol. The van der Waals surface area contributed by atoms with Crippen LogP contribution in [0.4, 0.5) is 0 Å². The van der Waals surface area contributed by atoms with E-state index in [1.54, 1.807) is 32.4 Å². The molecule has 0 unspecified atom stereocenters. The predicted octanol–water partition coefficient (Wildman–Crippen LogP) is 2.11. The number of aromatic hydroxyl groups is 1. The molecule has 0 saturated heterocycles. The van der Waals surface area contributed by atoms with E-state index in [0.29, 0.717) is 18.9 Å². The van der Waals surface area contributed by atoms with Gasteiger partial charge in [-0.2, -0.15) is 0 Å². The Hall–Kier alpha value is -1.22. The summed E-state index contributed by atoms with van der Waals surface area (Å²) in [5.74, 6) is 1.64. The maximum atomic E-state index is 9.84. The molecule has 0 bridgehead atoms. The van der Waals surface area contributed by atoms with Crippen LogP contribution in [0.5, 0.6) is 11.5 Å². The number of hydrogen-bond acceptors (Lipinski definition) is 4. The fraction of sp³-hybridized carbons (Fsp3) is 0.533. The second-order valence-corrected chi connectivity index (χ2v) is 4.46. The molecule has 6 nitrogen and oxygen atoms in total. The SMILES string of the molecule is CCNC(=NCc1cc(OC)ccc1O)NCCCOC.I. The van der Waals surface area contributed by atoms with Gasteiger partial charge in [-0.25, -0.2) is 4.99 Å². The minimum atomic E-state index is 0. The Labute approximate surface area is 149 Å². The number of nitrogens with one attached hydrogen (secondary N) is 2.